The molecule has 3 rings (SSSR count). The van der Waals surface area contributed by atoms with Crippen molar-refractivity contribution in [2.24, 2.45) is 11.7 Å². The SMILES string of the molecule is NC1CCCC1C(=O)Nc1cccc(-c2ccn[nH]2)c1. The van der Waals surface area contributed by atoms with Crippen LogP contribution >= 0.6 is 0 Å². The van der Waals surface area contributed by atoms with E-state index in [9.17, 15) is 4.79 Å². The normalized spacial score (nSPS) is 21.9. The van der Waals surface area contributed by atoms with Crippen LogP contribution in [-0.4, -0.2) is 22.1 Å². The number of carbonyl (C=O) groups is 1. The maximum Gasteiger partial charge on any atom is 0.229 e. The minimum absolute atomic E-state index is 0.00853. The third-order valence-electron chi connectivity index (χ3n) is 3.85. The molecule has 1 saturated carbocycles. The van der Waals surface area contributed by atoms with Crippen LogP contribution in [0.3, 0.4) is 0 Å². The van der Waals surface area contributed by atoms with E-state index in [0.29, 0.717) is 0 Å². The molecule has 20 heavy (non-hydrogen) atoms. The van der Waals surface area contributed by atoms with Crippen LogP contribution in [-0.2, 0) is 4.79 Å². The van der Waals surface area contributed by atoms with Gasteiger partial charge in [-0.1, -0.05) is 18.6 Å². The lowest BCUT2D eigenvalue weighted by Crippen LogP contribution is -2.34. The lowest BCUT2D eigenvalue weighted by molar-refractivity contribution is -0.120. The van der Waals surface area contributed by atoms with Crippen molar-refractivity contribution in [3.8, 4) is 11.3 Å². The number of nitrogens with one attached hydrogen (secondary N) is 2. The van der Waals surface area contributed by atoms with Gasteiger partial charge in [-0.05, 0) is 31.0 Å². The molecule has 5 heteroatoms. The van der Waals surface area contributed by atoms with E-state index in [1.54, 1.807) is 6.20 Å². The topological polar surface area (TPSA) is 83.8 Å². The molecule has 104 valence electrons. The number of hydrogen-bond donors (Lipinski definition) is 3. The molecule has 1 aromatic carbocycles. The van der Waals surface area contributed by atoms with E-state index in [0.717, 1.165) is 36.2 Å². The van der Waals surface area contributed by atoms with Crippen LogP contribution in [0.4, 0.5) is 5.69 Å². The summed E-state index contributed by atoms with van der Waals surface area (Å²) in [6, 6.07) is 9.61. The molecule has 5 nitrogen and oxygen atoms in total. The molecule has 2 aromatic rings. The first-order valence-corrected chi connectivity index (χ1v) is 6.90. The number of aromatic amines is 1. The number of hydrogen-bond acceptors (Lipinski definition) is 3. The summed E-state index contributed by atoms with van der Waals surface area (Å²) in [6.45, 7) is 0. The first-order valence-electron chi connectivity index (χ1n) is 6.90. The average Bonchev–Trinajstić information content (AvgIpc) is 3.09. The van der Waals surface area contributed by atoms with Crippen LogP contribution in [0, 0.1) is 5.92 Å². The van der Waals surface area contributed by atoms with Crippen molar-refractivity contribution in [3.05, 3.63) is 36.5 Å². The van der Waals surface area contributed by atoms with Gasteiger partial charge in [-0.2, -0.15) is 5.10 Å². The minimum Gasteiger partial charge on any atom is -0.327 e. The van der Waals surface area contributed by atoms with E-state index in [1.807, 2.05) is 30.3 Å². The van der Waals surface area contributed by atoms with Crippen LogP contribution < -0.4 is 11.1 Å². The van der Waals surface area contributed by atoms with Gasteiger partial charge in [-0.15, -0.1) is 0 Å². The highest BCUT2D eigenvalue weighted by atomic mass is 16.1. The van der Waals surface area contributed by atoms with E-state index >= 15 is 0 Å². The monoisotopic (exact) mass is 270 g/mol. The molecule has 1 aromatic heterocycles. The smallest absolute Gasteiger partial charge is 0.229 e. The Kier molecular flexibility index (Phi) is 3.52. The number of carbonyl (C=O) groups excluding carboxylic acids is 1. The highest BCUT2D eigenvalue weighted by Crippen LogP contribution is 2.26. The van der Waals surface area contributed by atoms with E-state index in [-0.39, 0.29) is 17.9 Å². The van der Waals surface area contributed by atoms with E-state index in [2.05, 4.69) is 15.5 Å². The summed E-state index contributed by atoms with van der Waals surface area (Å²) in [5, 5.41) is 9.81. The molecule has 1 amide bonds. The number of anilines is 1. The van der Waals surface area contributed by atoms with Crippen molar-refractivity contribution in [2.75, 3.05) is 5.32 Å². The molecule has 1 heterocycles. The van der Waals surface area contributed by atoms with Gasteiger partial charge < -0.3 is 11.1 Å². The fourth-order valence-electron chi connectivity index (χ4n) is 2.73. The largest absolute Gasteiger partial charge is 0.327 e. The highest BCUT2D eigenvalue weighted by molar-refractivity contribution is 5.93. The van der Waals surface area contributed by atoms with Crippen molar-refractivity contribution >= 4 is 11.6 Å². The molecular weight excluding hydrogens is 252 g/mol. The molecule has 1 aliphatic rings. The van der Waals surface area contributed by atoms with Gasteiger partial charge in [0.2, 0.25) is 5.91 Å². The number of H-pyrrole nitrogens is 1. The average molecular weight is 270 g/mol. The van der Waals surface area contributed by atoms with Crippen LogP contribution in [0.15, 0.2) is 36.5 Å². The molecule has 0 saturated heterocycles. The summed E-state index contributed by atoms with van der Waals surface area (Å²) in [5.41, 5.74) is 8.68. The van der Waals surface area contributed by atoms with Gasteiger partial charge in [-0.25, -0.2) is 0 Å². The summed E-state index contributed by atoms with van der Waals surface area (Å²) < 4.78 is 0. The predicted octanol–water partition coefficient (Wildman–Crippen LogP) is 2.14. The number of nitrogens with two attached hydrogens (primary N) is 1. The first kappa shape index (κ1) is 12.9. The van der Waals surface area contributed by atoms with Gasteiger partial charge in [0, 0.05) is 23.5 Å². The van der Waals surface area contributed by atoms with Gasteiger partial charge >= 0.3 is 0 Å². The molecule has 0 spiro atoms. The maximum absolute atomic E-state index is 12.2. The fourth-order valence-corrected chi connectivity index (χ4v) is 2.73. The number of amides is 1. The second-order valence-corrected chi connectivity index (χ2v) is 5.24. The van der Waals surface area contributed by atoms with E-state index < -0.39 is 0 Å². The summed E-state index contributed by atoms with van der Waals surface area (Å²) in [6.07, 6.45) is 4.56. The molecule has 2 atom stereocenters. The Morgan fingerprint density at radius 2 is 2.25 bits per heavy atom. The van der Waals surface area contributed by atoms with Gasteiger partial charge in [0.25, 0.3) is 0 Å². The third kappa shape index (κ3) is 2.58. The third-order valence-corrected chi connectivity index (χ3v) is 3.85. The second kappa shape index (κ2) is 5.46. The summed E-state index contributed by atoms with van der Waals surface area (Å²) >= 11 is 0. The Morgan fingerprint density at radius 3 is 2.95 bits per heavy atom. The Bertz CT molecular complexity index is 594. The van der Waals surface area contributed by atoms with Crippen LogP contribution in [0.1, 0.15) is 19.3 Å². The van der Waals surface area contributed by atoms with Crippen molar-refractivity contribution < 1.29 is 4.79 Å². The van der Waals surface area contributed by atoms with Gasteiger partial charge in [0.15, 0.2) is 0 Å². The van der Waals surface area contributed by atoms with Crippen molar-refractivity contribution in [1.29, 1.82) is 0 Å². The first-order chi connectivity index (χ1) is 9.74. The zero-order chi connectivity index (χ0) is 13.9. The molecule has 0 aliphatic heterocycles. The van der Waals surface area contributed by atoms with Gasteiger partial charge in [0.05, 0.1) is 11.6 Å². The highest BCUT2D eigenvalue weighted by Gasteiger charge is 2.30. The van der Waals surface area contributed by atoms with E-state index in [1.165, 1.54) is 0 Å². The minimum atomic E-state index is -0.0641. The Hall–Kier alpha value is -2.14. The Balaban J connectivity index is 1.74. The second-order valence-electron chi connectivity index (χ2n) is 5.24. The van der Waals surface area contributed by atoms with E-state index in [4.69, 9.17) is 5.73 Å². The van der Waals surface area contributed by atoms with Crippen LogP contribution in [0.25, 0.3) is 11.3 Å². The Morgan fingerprint density at radius 1 is 1.35 bits per heavy atom. The summed E-state index contributed by atoms with van der Waals surface area (Å²) in [7, 11) is 0. The van der Waals surface area contributed by atoms with Gasteiger partial charge in [-0.3, -0.25) is 9.89 Å². The molecule has 2 unspecified atom stereocenters. The number of nitrogens with zero attached hydrogens (tertiary/aromatic N) is 1. The predicted molar refractivity (Wildman–Crippen MR) is 78.0 cm³/mol. The number of benzene rings is 1. The molecule has 0 radical (unpaired) electrons. The van der Waals surface area contributed by atoms with Crippen molar-refractivity contribution in [1.82, 2.24) is 10.2 Å². The molecular formula is C15H18N4O. The van der Waals surface area contributed by atoms with Crippen molar-refractivity contribution in [3.63, 3.8) is 0 Å². The zero-order valence-corrected chi connectivity index (χ0v) is 11.2. The summed E-state index contributed by atoms with van der Waals surface area (Å²) in [5.74, 6) is -0.0393. The van der Waals surface area contributed by atoms with Crippen LogP contribution in [0.5, 0.6) is 0 Å². The number of rotatable bonds is 3. The maximum atomic E-state index is 12.2. The zero-order valence-electron chi connectivity index (χ0n) is 11.2. The molecule has 1 fully saturated rings. The van der Waals surface area contributed by atoms with Crippen molar-refractivity contribution in [2.45, 2.75) is 25.3 Å². The Labute approximate surface area is 117 Å². The fraction of sp³-hybridized carbons (Fsp3) is 0.333. The lowest BCUT2D eigenvalue weighted by atomic mass is 10.0. The molecule has 4 N–H and O–H groups in total. The molecule has 1 aliphatic carbocycles. The molecule has 0 bridgehead atoms. The number of aromatic nitrogens is 2. The lowest BCUT2D eigenvalue weighted by Gasteiger charge is -2.15. The van der Waals surface area contributed by atoms with Crippen LogP contribution in [0.2, 0.25) is 0 Å². The summed E-state index contributed by atoms with van der Waals surface area (Å²) in [4.78, 5) is 12.2. The van der Waals surface area contributed by atoms with Gasteiger partial charge in [0.1, 0.15) is 0 Å². The quantitative estimate of drug-likeness (QED) is 0.799. The standard InChI is InChI=1S/C15H18N4O/c16-13-6-2-5-12(13)15(20)18-11-4-1-3-10(9-11)14-7-8-17-19-14/h1,3-4,7-9,12-13H,2,5-6,16H2,(H,17,19)(H,18,20).